The minimum absolute atomic E-state index is 0. The minimum atomic E-state index is -0.272. The second kappa shape index (κ2) is 12.2. The lowest BCUT2D eigenvalue weighted by atomic mass is 10.2. The quantitative estimate of drug-likeness (QED) is 0.251. The third-order valence-electron chi connectivity index (χ3n) is 3.34. The van der Waals surface area contributed by atoms with Crippen molar-refractivity contribution < 1.29 is 9.18 Å². The van der Waals surface area contributed by atoms with Crippen LogP contribution in [0.3, 0.4) is 0 Å². The first-order valence-corrected chi connectivity index (χ1v) is 8.14. The molecule has 0 bridgehead atoms. The highest BCUT2D eigenvalue weighted by atomic mass is 127. The molecule has 0 saturated heterocycles. The lowest BCUT2D eigenvalue weighted by Crippen LogP contribution is -2.41. The van der Waals surface area contributed by atoms with Crippen LogP contribution in [0.2, 0.25) is 0 Å². The number of aromatic nitrogens is 1. The first-order chi connectivity index (χ1) is 12.2. The molecule has 1 heterocycles. The zero-order valence-electron chi connectivity index (χ0n) is 14.5. The number of nitrogens with one attached hydrogen (secondary N) is 3. The zero-order valence-corrected chi connectivity index (χ0v) is 16.9. The van der Waals surface area contributed by atoms with Crippen LogP contribution in [-0.2, 0) is 6.54 Å². The SMILES string of the molecule is CCNC(=NCc1ccccc1F)NCCNC(=O)c1cccnc1.I. The van der Waals surface area contributed by atoms with Crippen LogP contribution < -0.4 is 16.0 Å². The van der Waals surface area contributed by atoms with E-state index in [9.17, 15) is 9.18 Å². The summed E-state index contributed by atoms with van der Waals surface area (Å²) < 4.78 is 13.6. The maximum Gasteiger partial charge on any atom is 0.252 e. The fourth-order valence-electron chi connectivity index (χ4n) is 2.09. The maximum atomic E-state index is 13.6. The number of benzene rings is 1. The highest BCUT2D eigenvalue weighted by Crippen LogP contribution is 2.07. The van der Waals surface area contributed by atoms with Crippen LogP contribution in [-0.4, -0.2) is 36.5 Å². The molecule has 1 amide bonds. The molecule has 6 nitrogen and oxygen atoms in total. The molecule has 140 valence electrons. The molecule has 0 atom stereocenters. The van der Waals surface area contributed by atoms with Crippen LogP contribution in [0.5, 0.6) is 0 Å². The number of hydrogen-bond acceptors (Lipinski definition) is 3. The molecule has 0 aliphatic rings. The lowest BCUT2D eigenvalue weighted by molar-refractivity contribution is 0.0954. The van der Waals surface area contributed by atoms with E-state index in [1.807, 2.05) is 6.92 Å². The van der Waals surface area contributed by atoms with Crippen LogP contribution >= 0.6 is 24.0 Å². The number of guanidine groups is 1. The van der Waals surface area contributed by atoms with Crippen molar-refractivity contribution in [2.45, 2.75) is 13.5 Å². The van der Waals surface area contributed by atoms with Gasteiger partial charge in [-0.3, -0.25) is 9.78 Å². The summed E-state index contributed by atoms with van der Waals surface area (Å²) >= 11 is 0. The minimum Gasteiger partial charge on any atom is -0.357 e. The Bertz CT molecular complexity index is 712. The molecule has 26 heavy (non-hydrogen) atoms. The van der Waals surface area contributed by atoms with Gasteiger partial charge in [-0.15, -0.1) is 24.0 Å². The van der Waals surface area contributed by atoms with Crippen molar-refractivity contribution in [1.82, 2.24) is 20.9 Å². The summed E-state index contributed by atoms with van der Waals surface area (Å²) in [6, 6.07) is 9.97. The highest BCUT2D eigenvalue weighted by Gasteiger charge is 2.04. The predicted octanol–water partition coefficient (Wildman–Crippen LogP) is 2.32. The molecule has 3 N–H and O–H groups in total. The van der Waals surface area contributed by atoms with E-state index in [1.54, 1.807) is 36.5 Å². The van der Waals surface area contributed by atoms with Gasteiger partial charge in [0.05, 0.1) is 12.1 Å². The van der Waals surface area contributed by atoms with Gasteiger partial charge in [0, 0.05) is 37.6 Å². The molecule has 0 spiro atoms. The second-order valence-corrected chi connectivity index (χ2v) is 5.21. The van der Waals surface area contributed by atoms with Gasteiger partial charge in [0.1, 0.15) is 5.82 Å². The third kappa shape index (κ3) is 7.34. The van der Waals surface area contributed by atoms with Crippen molar-refractivity contribution in [3.05, 3.63) is 65.7 Å². The Balaban J connectivity index is 0.00000338. The van der Waals surface area contributed by atoms with Crippen molar-refractivity contribution in [2.24, 2.45) is 4.99 Å². The summed E-state index contributed by atoms with van der Waals surface area (Å²) in [7, 11) is 0. The number of pyridine rings is 1. The fraction of sp³-hybridized carbons (Fsp3) is 0.278. The standard InChI is InChI=1S/C18H22FN5O.HI/c1-2-21-18(24-13-14-6-3-4-8-16(14)19)23-11-10-22-17(25)15-7-5-9-20-12-15;/h3-9,12H,2,10-11,13H2,1H3,(H,22,25)(H2,21,23,24);1H. The summed E-state index contributed by atoms with van der Waals surface area (Å²) in [5, 5.41) is 8.98. The van der Waals surface area contributed by atoms with E-state index in [2.05, 4.69) is 25.9 Å². The average Bonchev–Trinajstić information content (AvgIpc) is 2.64. The van der Waals surface area contributed by atoms with Gasteiger partial charge >= 0.3 is 0 Å². The molecular formula is C18H23FIN5O. The predicted molar refractivity (Wildman–Crippen MR) is 111 cm³/mol. The van der Waals surface area contributed by atoms with Crippen molar-refractivity contribution in [1.29, 1.82) is 0 Å². The fourth-order valence-corrected chi connectivity index (χ4v) is 2.09. The van der Waals surface area contributed by atoms with E-state index in [1.165, 1.54) is 12.3 Å². The lowest BCUT2D eigenvalue weighted by Gasteiger charge is -2.12. The smallest absolute Gasteiger partial charge is 0.252 e. The summed E-state index contributed by atoms with van der Waals surface area (Å²) in [6.45, 7) is 3.80. The van der Waals surface area contributed by atoms with Gasteiger partial charge < -0.3 is 16.0 Å². The number of nitrogens with zero attached hydrogens (tertiary/aromatic N) is 2. The van der Waals surface area contributed by atoms with E-state index in [0.29, 0.717) is 36.7 Å². The van der Waals surface area contributed by atoms with Gasteiger partial charge in [-0.05, 0) is 25.1 Å². The molecule has 2 aromatic rings. The molecule has 1 aromatic heterocycles. The number of hydrogen-bond donors (Lipinski definition) is 3. The molecule has 1 aromatic carbocycles. The Morgan fingerprint density at radius 3 is 2.58 bits per heavy atom. The van der Waals surface area contributed by atoms with Crippen LogP contribution in [0.1, 0.15) is 22.8 Å². The number of carbonyl (C=O) groups is 1. The van der Waals surface area contributed by atoms with Crippen molar-refractivity contribution in [2.75, 3.05) is 19.6 Å². The summed E-state index contributed by atoms with van der Waals surface area (Å²) in [5.41, 5.74) is 1.05. The van der Waals surface area contributed by atoms with Gasteiger partial charge in [0.2, 0.25) is 0 Å². The van der Waals surface area contributed by atoms with Gasteiger partial charge in [0.15, 0.2) is 5.96 Å². The highest BCUT2D eigenvalue weighted by molar-refractivity contribution is 14.0. The third-order valence-corrected chi connectivity index (χ3v) is 3.34. The molecule has 0 saturated carbocycles. The van der Waals surface area contributed by atoms with Gasteiger partial charge in [-0.25, -0.2) is 9.38 Å². The van der Waals surface area contributed by atoms with Crippen LogP contribution in [0.25, 0.3) is 0 Å². The van der Waals surface area contributed by atoms with Gasteiger partial charge in [0.25, 0.3) is 5.91 Å². The van der Waals surface area contributed by atoms with Gasteiger partial charge in [-0.2, -0.15) is 0 Å². The molecule has 0 aliphatic heterocycles. The van der Waals surface area contributed by atoms with Crippen molar-refractivity contribution >= 4 is 35.8 Å². The van der Waals surface area contributed by atoms with Crippen molar-refractivity contribution in [3.63, 3.8) is 0 Å². The molecule has 2 rings (SSSR count). The topological polar surface area (TPSA) is 78.4 Å². The van der Waals surface area contributed by atoms with Crippen LogP contribution in [0.15, 0.2) is 53.8 Å². The molecular weight excluding hydrogens is 448 g/mol. The molecule has 0 aliphatic carbocycles. The number of halogens is 2. The average molecular weight is 471 g/mol. The number of amides is 1. The van der Waals surface area contributed by atoms with Gasteiger partial charge in [-0.1, -0.05) is 18.2 Å². The monoisotopic (exact) mass is 471 g/mol. The molecule has 0 radical (unpaired) electrons. The summed E-state index contributed by atoms with van der Waals surface area (Å²) in [4.78, 5) is 20.2. The van der Waals surface area contributed by atoms with E-state index >= 15 is 0 Å². The first kappa shape index (κ1) is 21.8. The van der Waals surface area contributed by atoms with E-state index < -0.39 is 0 Å². The Hall–Kier alpha value is -2.23. The summed E-state index contributed by atoms with van der Waals surface area (Å²) in [5.74, 6) is 0.121. The molecule has 0 fully saturated rings. The van der Waals surface area contributed by atoms with Crippen LogP contribution in [0.4, 0.5) is 4.39 Å². The van der Waals surface area contributed by atoms with E-state index in [0.717, 1.165) is 0 Å². The Morgan fingerprint density at radius 1 is 1.12 bits per heavy atom. The second-order valence-electron chi connectivity index (χ2n) is 5.21. The Labute approximate surface area is 169 Å². The Kier molecular flexibility index (Phi) is 10.2. The number of aliphatic imine (C=N–C) groups is 1. The zero-order chi connectivity index (χ0) is 17.9. The van der Waals surface area contributed by atoms with Crippen LogP contribution in [0, 0.1) is 5.82 Å². The van der Waals surface area contributed by atoms with Crippen molar-refractivity contribution in [3.8, 4) is 0 Å². The first-order valence-electron chi connectivity index (χ1n) is 8.14. The summed E-state index contributed by atoms with van der Waals surface area (Å²) in [6.07, 6.45) is 3.13. The maximum absolute atomic E-state index is 13.6. The molecule has 0 unspecified atom stereocenters. The number of carbonyl (C=O) groups excluding carboxylic acids is 1. The van der Waals surface area contributed by atoms with E-state index in [-0.39, 0.29) is 42.2 Å². The molecule has 8 heteroatoms. The van der Waals surface area contributed by atoms with E-state index in [4.69, 9.17) is 0 Å². The largest absolute Gasteiger partial charge is 0.357 e. The normalized spacial score (nSPS) is 10.6. The number of rotatable bonds is 7. The Morgan fingerprint density at radius 2 is 1.88 bits per heavy atom.